The molecule has 1 amide bonds. The van der Waals surface area contributed by atoms with Crippen LogP contribution in [0.1, 0.15) is 10.4 Å². The van der Waals surface area contributed by atoms with Gasteiger partial charge in [0.15, 0.2) is 0 Å². The van der Waals surface area contributed by atoms with Gasteiger partial charge in [-0.25, -0.2) is 4.79 Å². The van der Waals surface area contributed by atoms with E-state index in [1.807, 2.05) is 0 Å². The van der Waals surface area contributed by atoms with Crippen LogP contribution in [0, 0.1) is 10.1 Å². The molecule has 20 heavy (non-hydrogen) atoms. The van der Waals surface area contributed by atoms with E-state index in [1.54, 1.807) is 0 Å². The molecule has 1 saturated heterocycles. The van der Waals surface area contributed by atoms with Crippen LogP contribution in [0.2, 0.25) is 0 Å². The van der Waals surface area contributed by atoms with Gasteiger partial charge in [-0.15, -0.1) is 0 Å². The summed E-state index contributed by atoms with van der Waals surface area (Å²) in [5.41, 5.74) is 0.152. The summed E-state index contributed by atoms with van der Waals surface area (Å²) < 4.78 is 0. The van der Waals surface area contributed by atoms with E-state index < -0.39 is 22.8 Å². The molecule has 1 aromatic carbocycles. The fourth-order valence-corrected chi connectivity index (χ4v) is 2.98. The smallest absolute Gasteiger partial charge is 0.327 e. The summed E-state index contributed by atoms with van der Waals surface area (Å²) in [6.07, 6.45) is 0. The Morgan fingerprint density at radius 3 is 2.55 bits per heavy atom. The molecule has 1 aromatic rings. The summed E-state index contributed by atoms with van der Waals surface area (Å²) in [5.74, 6) is -0.406. The van der Waals surface area contributed by atoms with Gasteiger partial charge >= 0.3 is 5.97 Å². The van der Waals surface area contributed by atoms with E-state index in [4.69, 9.17) is 5.11 Å². The first-order valence-corrected chi connectivity index (χ1v) is 7.02. The zero-order chi connectivity index (χ0) is 14.7. The molecule has 0 spiro atoms. The molecule has 1 aliphatic rings. The van der Waals surface area contributed by atoms with Crippen LogP contribution in [0.4, 0.5) is 5.69 Å². The first-order valence-electron chi connectivity index (χ1n) is 5.86. The second kappa shape index (κ2) is 5.91. The molecule has 1 aliphatic heterocycles. The van der Waals surface area contributed by atoms with Crippen molar-refractivity contribution >= 4 is 29.3 Å². The largest absolute Gasteiger partial charge is 0.480 e. The molecule has 1 heterocycles. The summed E-state index contributed by atoms with van der Waals surface area (Å²) in [7, 11) is 0. The van der Waals surface area contributed by atoms with Crippen molar-refractivity contribution in [3.63, 3.8) is 0 Å². The number of carboxylic acid groups (broad SMARTS) is 1. The Balaban J connectivity index is 2.20. The van der Waals surface area contributed by atoms with Crippen molar-refractivity contribution in [2.24, 2.45) is 0 Å². The third-order valence-electron chi connectivity index (χ3n) is 3.00. The molecule has 1 atom stereocenters. The van der Waals surface area contributed by atoms with E-state index in [0.717, 1.165) is 0 Å². The normalized spacial score (nSPS) is 18.6. The molecule has 2 rings (SSSR count). The summed E-state index contributed by atoms with van der Waals surface area (Å²) in [4.78, 5) is 34.7. The fraction of sp³-hybridized carbons (Fsp3) is 0.333. The molecule has 1 fully saturated rings. The Morgan fingerprint density at radius 1 is 1.35 bits per heavy atom. The first-order chi connectivity index (χ1) is 9.50. The quantitative estimate of drug-likeness (QED) is 0.665. The van der Waals surface area contributed by atoms with Gasteiger partial charge in [-0.05, 0) is 12.1 Å². The number of non-ortho nitro benzene ring substituents is 1. The summed E-state index contributed by atoms with van der Waals surface area (Å²) in [6.45, 7) is 0.359. The van der Waals surface area contributed by atoms with Crippen LogP contribution in [0.5, 0.6) is 0 Å². The predicted molar refractivity (Wildman–Crippen MR) is 72.9 cm³/mol. The Morgan fingerprint density at radius 2 is 2.00 bits per heavy atom. The minimum Gasteiger partial charge on any atom is -0.480 e. The second-order valence-electron chi connectivity index (χ2n) is 4.23. The van der Waals surface area contributed by atoms with Crippen LogP contribution in [-0.2, 0) is 4.79 Å². The Hall–Kier alpha value is -2.09. The van der Waals surface area contributed by atoms with Gasteiger partial charge in [0, 0.05) is 35.7 Å². The zero-order valence-electron chi connectivity index (χ0n) is 10.4. The number of carbonyl (C=O) groups is 2. The minimum absolute atomic E-state index is 0.106. The van der Waals surface area contributed by atoms with E-state index in [1.165, 1.54) is 40.9 Å². The second-order valence-corrected chi connectivity index (χ2v) is 5.38. The van der Waals surface area contributed by atoms with Gasteiger partial charge in [-0.1, -0.05) is 0 Å². The monoisotopic (exact) mass is 296 g/mol. The number of nitro benzene ring substituents is 1. The van der Waals surface area contributed by atoms with Crippen molar-refractivity contribution < 1.29 is 19.6 Å². The van der Waals surface area contributed by atoms with Crippen LogP contribution in [-0.4, -0.2) is 50.9 Å². The highest BCUT2D eigenvalue weighted by Crippen LogP contribution is 2.20. The molecular weight excluding hydrogens is 284 g/mol. The summed E-state index contributed by atoms with van der Waals surface area (Å²) in [6, 6.07) is 4.32. The van der Waals surface area contributed by atoms with Crippen LogP contribution in [0.3, 0.4) is 0 Å². The predicted octanol–water partition coefficient (Wildman–Crippen LogP) is 1.24. The molecule has 0 bridgehead atoms. The van der Waals surface area contributed by atoms with Crippen LogP contribution in [0.15, 0.2) is 24.3 Å². The van der Waals surface area contributed by atoms with Crippen molar-refractivity contribution in [1.29, 1.82) is 0 Å². The molecular formula is C12H12N2O5S. The lowest BCUT2D eigenvalue weighted by atomic mass is 10.1. The van der Waals surface area contributed by atoms with Crippen molar-refractivity contribution in [1.82, 2.24) is 4.90 Å². The number of carboxylic acids is 1. The molecule has 1 unspecified atom stereocenters. The number of rotatable bonds is 3. The lowest BCUT2D eigenvalue weighted by Crippen LogP contribution is -2.50. The van der Waals surface area contributed by atoms with Crippen LogP contribution in [0.25, 0.3) is 0 Å². The summed E-state index contributed by atoms with van der Waals surface area (Å²) >= 11 is 1.49. The van der Waals surface area contributed by atoms with Crippen molar-refractivity contribution in [3.8, 4) is 0 Å². The Labute approximate surface area is 118 Å². The van der Waals surface area contributed by atoms with E-state index in [2.05, 4.69) is 0 Å². The highest BCUT2D eigenvalue weighted by Gasteiger charge is 2.32. The van der Waals surface area contributed by atoms with Gasteiger partial charge in [-0.2, -0.15) is 11.8 Å². The average Bonchev–Trinajstić information content (AvgIpc) is 2.46. The Kier molecular flexibility index (Phi) is 4.23. The van der Waals surface area contributed by atoms with Gasteiger partial charge in [0.1, 0.15) is 6.04 Å². The third-order valence-corrected chi connectivity index (χ3v) is 4.02. The average molecular weight is 296 g/mol. The maximum Gasteiger partial charge on any atom is 0.327 e. The van der Waals surface area contributed by atoms with E-state index in [-0.39, 0.29) is 11.3 Å². The standard InChI is InChI=1S/C12H12N2O5S/c15-11(8-1-3-9(4-2-8)14(18)19)13-5-6-20-7-10(13)12(16)17/h1-4,10H,5-7H2,(H,16,17). The highest BCUT2D eigenvalue weighted by molar-refractivity contribution is 7.99. The van der Waals surface area contributed by atoms with Gasteiger partial charge in [-0.3, -0.25) is 14.9 Å². The number of nitrogens with zero attached hydrogens (tertiary/aromatic N) is 2. The molecule has 0 aromatic heterocycles. The van der Waals surface area contributed by atoms with Crippen LogP contribution < -0.4 is 0 Å². The first kappa shape index (κ1) is 14.3. The maximum absolute atomic E-state index is 12.3. The van der Waals surface area contributed by atoms with Gasteiger partial charge in [0.2, 0.25) is 0 Å². The fourth-order valence-electron chi connectivity index (χ4n) is 1.94. The molecule has 106 valence electrons. The van der Waals surface area contributed by atoms with Crippen LogP contribution >= 0.6 is 11.8 Å². The lowest BCUT2D eigenvalue weighted by molar-refractivity contribution is -0.384. The number of aliphatic carboxylic acids is 1. The topological polar surface area (TPSA) is 101 Å². The summed E-state index contributed by atoms with van der Waals surface area (Å²) in [5, 5.41) is 19.7. The highest BCUT2D eigenvalue weighted by atomic mass is 32.2. The van der Waals surface area contributed by atoms with Gasteiger partial charge < -0.3 is 10.0 Å². The minimum atomic E-state index is -1.03. The van der Waals surface area contributed by atoms with E-state index in [0.29, 0.717) is 18.1 Å². The number of amides is 1. The van der Waals surface area contributed by atoms with E-state index in [9.17, 15) is 19.7 Å². The number of hydrogen-bond acceptors (Lipinski definition) is 5. The molecule has 1 N–H and O–H groups in total. The third kappa shape index (κ3) is 2.90. The number of benzene rings is 1. The van der Waals surface area contributed by atoms with Crippen molar-refractivity contribution in [2.45, 2.75) is 6.04 Å². The molecule has 0 saturated carbocycles. The molecule has 8 heteroatoms. The SMILES string of the molecule is O=C(O)C1CSCCN1C(=O)c1ccc([N+](=O)[O-])cc1. The van der Waals surface area contributed by atoms with Crippen molar-refractivity contribution in [3.05, 3.63) is 39.9 Å². The van der Waals surface area contributed by atoms with E-state index >= 15 is 0 Å². The van der Waals surface area contributed by atoms with Gasteiger partial charge in [0.05, 0.1) is 4.92 Å². The molecule has 7 nitrogen and oxygen atoms in total. The number of nitro groups is 1. The molecule has 0 radical (unpaired) electrons. The van der Waals surface area contributed by atoms with Crippen molar-refractivity contribution in [2.75, 3.05) is 18.1 Å². The maximum atomic E-state index is 12.3. The number of carbonyl (C=O) groups excluding carboxylic acids is 1. The molecule has 0 aliphatic carbocycles. The zero-order valence-corrected chi connectivity index (χ0v) is 11.2. The number of thioether (sulfide) groups is 1. The lowest BCUT2D eigenvalue weighted by Gasteiger charge is -2.32. The Bertz CT molecular complexity index is 545. The number of hydrogen-bond donors (Lipinski definition) is 1. The van der Waals surface area contributed by atoms with Gasteiger partial charge in [0.25, 0.3) is 11.6 Å².